The van der Waals surface area contributed by atoms with Crippen LogP contribution in [0.4, 0.5) is 5.69 Å². The summed E-state index contributed by atoms with van der Waals surface area (Å²) in [5, 5.41) is 16.4. The molecule has 2 heterocycles. The van der Waals surface area contributed by atoms with Gasteiger partial charge in [0.15, 0.2) is 0 Å². The minimum Gasteiger partial charge on any atom is -0.389 e. The van der Waals surface area contributed by atoms with E-state index < -0.39 is 6.10 Å². The van der Waals surface area contributed by atoms with Gasteiger partial charge in [0.25, 0.3) is 0 Å². The Morgan fingerprint density at radius 1 is 0.923 bits per heavy atom. The molecule has 0 fully saturated rings. The minimum atomic E-state index is -0.496. The van der Waals surface area contributed by atoms with Crippen LogP contribution < -0.4 is 5.32 Å². The van der Waals surface area contributed by atoms with Crippen molar-refractivity contribution in [2.24, 2.45) is 0 Å². The highest BCUT2D eigenvalue weighted by Gasteiger charge is 2.14. The number of pyridine rings is 1. The molecular formula is C22H23N3O. The fraction of sp³-hybridized carbons (Fsp3) is 0.227. The van der Waals surface area contributed by atoms with Crippen LogP contribution in [0.5, 0.6) is 0 Å². The van der Waals surface area contributed by atoms with Crippen LogP contribution in [0.2, 0.25) is 0 Å². The summed E-state index contributed by atoms with van der Waals surface area (Å²) >= 11 is 0. The number of aliphatic hydroxyl groups is 1. The summed E-state index contributed by atoms with van der Waals surface area (Å²) in [6, 6.07) is 16.8. The van der Waals surface area contributed by atoms with Crippen molar-refractivity contribution < 1.29 is 5.11 Å². The van der Waals surface area contributed by atoms with E-state index >= 15 is 0 Å². The standard InChI is InChI=1S/C22H23N3O/c1-15-3-5-21-19(11-15)20-12-16(2)4-6-22(20)25(21)14-18(26)13-24-17-7-9-23-10-8-17/h3-12,18,26H,13-14H2,1-2H3,(H,23,24). The second-order valence-electron chi connectivity index (χ2n) is 6.92. The van der Waals surface area contributed by atoms with Crippen LogP contribution in [-0.4, -0.2) is 27.3 Å². The summed E-state index contributed by atoms with van der Waals surface area (Å²) in [7, 11) is 0. The molecule has 1 unspecified atom stereocenters. The fourth-order valence-electron chi connectivity index (χ4n) is 3.51. The molecule has 0 aliphatic heterocycles. The lowest BCUT2D eigenvalue weighted by molar-refractivity contribution is 0.169. The third-order valence-electron chi connectivity index (χ3n) is 4.79. The average Bonchev–Trinajstić information content (AvgIpc) is 2.93. The van der Waals surface area contributed by atoms with Crippen LogP contribution in [0.1, 0.15) is 11.1 Å². The third-order valence-corrected chi connectivity index (χ3v) is 4.79. The van der Waals surface area contributed by atoms with Gasteiger partial charge in [-0.15, -0.1) is 0 Å². The molecule has 26 heavy (non-hydrogen) atoms. The van der Waals surface area contributed by atoms with Gasteiger partial charge in [0.05, 0.1) is 12.6 Å². The summed E-state index contributed by atoms with van der Waals surface area (Å²) in [6.45, 7) is 5.27. The third kappa shape index (κ3) is 3.16. The molecule has 4 rings (SSSR count). The van der Waals surface area contributed by atoms with Crippen molar-refractivity contribution in [2.75, 3.05) is 11.9 Å². The number of aromatic nitrogens is 2. The first-order valence-electron chi connectivity index (χ1n) is 8.93. The van der Waals surface area contributed by atoms with E-state index in [0.29, 0.717) is 13.1 Å². The number of fused-ring (bicyclic) bond motifs is 3. The predicted molar refractivity (Wildman–Crippen MR) is 108 cm³/mol. The Kier molecular flexibility index (Phi) is 4.35. The number of hydrogen-bond donors (Lipinski definition) is 2. The van der Waals surface area contributed by atoms with Gasteiger partial charge in [0.1, 0.15) is 0 Å². The zero-order valence-electron chi connectivity index (χ0n) is 15.1. The molecule has 132 valence electrons. The minimum absolute atomic E-state index is 0.489. The first-order chi connectivity index (χ1) is 12.6. The van der Waals surface area contributed by atoms with Crippen LogP contribution in [-0.2, 0) is 6.54 Å². The van der Waals surface area contributed by atoms with Crippen molar-refractivity contribution in [1.82, 2.24) is 9.55 Å². The zero-order chi connectivity index (χ0) is 18.1. The molecule has 2 aromatic heterocycles. The Balaban J connectivity index is 1.66. The van der Waals surface area contributed by atoms with E-state index in [2.05, 4.69) is 65.1 Å². The molecule has 0 aliphatic rings. The Bertz CT molecular complexity index is 994. The summed E-state index contributed by atoms with van der Waals surface area (Å²) in [4.78, 5) is 4.01. The first kappa shape index (κ1) is 16.6. The zero-order valence-corrected chi connectivity index (χ0v) is 15.1. The number of benzene rings is 2. The number of rotatable bonds is 5. The van der Waals surface area contributed by atoms with Gasteiger partial charge >= 0.3 is 0 Å². The second kappa shape index (κ2) is 6.81. The summed E-state index contributed by atoms with van der Waals surface area (Å²) in [6.07, 6.45) is 2.99. The van der Waals surface area contributed by atoms with Crippen molar-refractivity contribution in [1.29, 1.82) is 0 Å². The quantitative estimate of drug-likeness (QED) is 0.568. The highest BCUT2D eigenvalue weighted by molar-refractivity contribution is 6.08. The molecule has 0 radical (unpaired) electrons. The maximum absolute atomic E-state index is 10.6. The van der Waals surface area contributed by atoms with E-state index in [-0.39, 0.29) is 0 Å². The lowest BCUT2D eigenvalue weighted by Gasteiger charge is -2.15. The Morgan fingerprint density at radius 3 is 2.08 bits per heavy atom. The molecule has 4 heteroatoms. The number of anilines is 1. The van der Waals surface area contributed by atoms with Crippen molar-refractivity contribution in [3.05, 3.63) is 72.1 Å². The van der Waals surface area contributed by atoms with Gasteiger partial charge in [0.2, 0.25) is 0 Å². The molecular weight excluding hydrogens is 322 g/mol. The van der Waals surface area contributed by atoms with Gasteiger partial charge in [-0.25, -0.2) is 0 Å². The van der Waals surface area contributed by atoms with E-state index in [0.717, 1.165) is 5.69 Å². The number of nitrogens with one attached hydrogen (secondary N) is 1. The molecule has 0 spiro atoms. The lowest BCUT2D eigenvalue weighted by atomic mass is 10.1. The van der Waals surface area contributed by atoms with Gasteiger partial charge in [-0.3, -0.25) is 4.98 Å². The number of aryl methyl sites for hydroxylation is 2. The number of aliphatic hydroxyl groups excluding tert-OH is 1. The highest BCUT2D eigenvalue weighted by Crippen LogP contribution is 2.30. The molecule has 0 aliphatic carbocycles. The predicted octanol–water partition coefficient (Wildman–Crippen LogP) is 4.28. The van der Waals surface area contributed by atoms with E-state index in [1.807, 2.05) is 12.1 Å². The topological polar surface area (TPSA) is 50.1 Å². The second-order valence-corrected chi connectivity index (χ2v) is 6.92. The lowest BCUT2D eigenvalue weighted by Crippen LogP contribution is -2.24. The number of nitrogens with zero attached hydrogens (tertiary/aromatic N) is 2. The normalized spacial score (nSPS) is 12.6. The molecule has 0 amide bonds. The van der Waals surface area contributed by atoms with E-state index in [9.17, 15) is 5.11 Å². The van der Waals surface area contributed by atoms with Gasteiger partial charge in [-0.1, -0.05) is 23.3 Å². The monoisotopic (exact) mass is 345 g/mol. The van der Waals surface area contributed by atoms with Crippen molar-refractivity contribution in [2.45, 2.75) is 26.5 Å². The maximum atomic E-state index is 10.6. The average molecular weight is 345 g/mol. The molecule has 0 saturated carbocycles. The Morgan fingerprint density at radius 2 is 1.50 bits per heavy atom. The molecule has 4 nitrogen and oxygen atoms in total. The van der Waals surface area contributed by atoms with Gasteiger partial charge in [-0.2, -0.15) is 0 Å². The van der Waals surface area contributed by atoms with Crippen molar-refractivity contribution >= 4 is 27.5 Å². The van der Waals surface area contributed by atoms with E-state index in [1.54, 1.807) is 12.4 Å². The molecule has 4 aromatic rings. The van der Waals surface area contributed by atoms with Gasteiger partial charge < -0.3 is 15.0 Å². The highest BCUT2D eigenvalue weighted by atomic mass is 16.3. The Labute approximate surface area is 153 Å². The SMILES string of the molecule is Cc1ccc2c(c1)c1cc(C)ccc1n2CC(O)CNc1ccncc1. The van der Waals surface area contributed by atoms with E-state index in [1.165, 1.54) is 32.9 Å². The van der Waals surface area contributed by atoms with Crippen LogP contribution in [0, 0.1) is 13.8 Å². The fourth-order valence-corrected chi connectivity index (χ4v) is 3.51. The van der Waals surface area contributed by atoms with Gasteiger partial charge in [0, 0.05) is 46.4 Å². The largest absolute Gasteiger partial charge is 0.389 e. The van der Waals surface area contributed by atoms with Crippen molar-refractivity contribution in [3.8, 4) is 0 Å². The summed E-state index contributed by atoms with van der Waals surface area (Å²) < 4.78 is 2.22. The molecule has 2 aromatic carbocycles. The van der Waals surface area contributed by atoms with Crippen LogP contribution >= 0.6 is 0 Å². The summed E-state index contributed by atoms with van der Waals surface area (Å²) in [5.74, 6) is 0. The molecule has 1 atom stereocenters. The number of hydrogen-bond acceptors (Lipinski definition) is 3. The molecule has 0 saturated heterocycles. The van der Waals surface area contributed by atoms with Gasteiger partial charge in [-0.05, 0) is 50.2 Å². The van der Waals surface area contributed by atoms with Crippen molar-refractivity contribution in [3.63, 3.8) is 0 Å². The van der Waals surface area contributed by atoms with Crippen LogP contribution in [0.3, 0.4) is 0 Å². The van der Waals surface area contributed by atoms with Crippen LogP contribution in [0.25, 0.3) is 21.8 Å². The van der Waals surface area contributed by atoms with E-state index in [4.69, 9.17) is 0 Å². The first-order valence-corrected chi connectivity index (χ1v) is 8.93. The van der Waals surface area contributed by atoms with Crippen LogP contribution in [0.15, 0.2) is 60.9 Å². The molecule has 2 N–H and O–H groups in total. The molecule has 0 bridgehead atoms. The maximum Gasteiger partial charge on any atom is 0.0891 e. The Hall–Kier alpha value is -2.85. The summed E-state index contributed by atoms with van der Waals surface area (Å²) in [5.41, 5.74) is 5.79. The smallest absolute Gasteiger partial charge is 0.0891 e.